The average molecular weight is 296 g/mol. The quantitative estimate of drug-likeness (QED) is 0.715. The topological polar surface area (TPSA) is 9.72 Å². The molecule has 0 radical (unpaired) electrons. The highest BCUT2D eigenvalue weighted by Crippen LogP contribution is 2.25. The van der Waals surface area contributed by atoms with Crippen molar-refractivity contribution in [2.75, 3.05) is 52.4 Å². The summed E-state index contributed by atoms with van der Waals surface area (Å²) in [6.45, 7) is 19.8. The van der Waals surface area contributed by atoms with Crippen molar-refractivity contribution in [3.05, 3.63) is 0 Å². The molecule has 0 bridgehead atoms. The van der Waals surface area contributed by atoms with Crippen LogP contribution in [-0.4, -0.2) is 73.1 Å². The molecule has 0 saturated carbocycles. The average Bonchev–Trinajstić information content (AvgIpc) is 2.66. The van der Waals surface area contributed by atoms with E-state index < -0.39 is 0 Å². The summed E-state index contributed by atoms with van der Waals surface area (Å²) in [6.07, 6.45) is 4.19. The molecule has 3 heteroatoms. The zero-order chi connectivity index (χ0) is 15.2. The Morgan fingerprint density at radius 1 is 0.905 bits per heavy atom. The molecule has 2 saturated heterocycles. The van der Waals surface area contributed by atoms with Gasteiger partial charge in [0.25, 0.3) is 0 Å². The van der Waals surface area contributed by atoms with Crippen LogP contribution in [0.5, 0.6) is 0 Å². The van der Waals surface area contributed by atoms with Gasteiger partial charge in [0.15, 0.2) is 0 Å². The minimum absolute atomic E-state index is 0.814. The lowest BCUT2D eigenvalue weighted by molar-refractivity contribution is 0.0551. The Morgan fingerprint density at radius 3 is 2.24 bits per heavy atom. The van der Waals surface area contributed by atoms with Crippen molar-refractivity contribution in [2.45, 2.75) is 53.0 Å². The van der Waals surface area contributed by atoms with Gasteiger partial charge in [-0.2, -0.15) is 0 Å². The predicted octanol–water partition coefficient (Wildman–Crippen LogP) is 2.77. The summed E-state index contributed by atoms with van der Waals surface area (Å²) in [4.78, 5) is 8.02. The van der Waals surface area contributed by atoms with Crippen LogP contribution in [0.15, 0.2) is 0 Å². The molecule has 0 amide bonds. The molecule has 2 aliphatic rings. The number of nitrogens with zero attached hydrogens (tertiary/aromatic N) is 3. The summed E-state index contributed by atoms with van der Waals surface area (Å²) in [5.74, 6) is 1.66. The second-order valence-electron chi connectivity index (χ2n) is 7.76. The van der Waals surface area contributed by atoms with Gasteiger partial charge in [-0.25, -0.2) is 0 Å². The van der Waals surface area contributed by atoms with E-state index in [1.807, 2.05) is 0 Å². The van der Waals surface area contributed by atoms with E-state index in [1.165, 1.54) is 71.6 Å². The van der Waals surface area contributed by atoms with E-state index in [9.17, 15) is 0 Å². The van der Waals surface area contributed by atoms with Crippen LogP contribution in [0.25, 0.3) is 0 Å². The van der Waals surface area contributed by atoms with Crippen LogP contribution in [0.1, 0.15) is 47.0 Å². The lowest BCUT2D eigenvalue weighted by Crippen LogP contribution is -2.50. The zero-order valence-corrected chi connectivity index (χ0v) is 14.9. The fourth-order valence-corrected chi connectivity index (χ4v) is 3.97. The summed E-state index contributed by atoms with van der Waals surface area (Å²) < 4.78 is 0. The van der Waals surface area contributed by atoms with Gasteiger partial charge in [-0.1, -0.05) is 27.7 Å². The van der Waals surface area contributed by atoms with Crippen molar-refractivity contribution < 1.29 is 0 Å². The molecule has 2 rings (SSSR count). The SMILES string of the molecule is CCN1CCCN(CC(C)CC2CCN2CC(C)C)CC1. The Morgan fingerprint density at radius 2 is 1.62 bits per heavy atom. The number of rotatable bonds is 7. The summed E-state index contributed by atoms with van der Waals surface area (Å²) in [5.41, 5.74) is 0. The van der Waals surface area contributed by atoms with E-state index in [1.54, 1.807) is 0 Å². The van der Waals surface area contributed by atoms with Crippen LogP contribution in [-0.2, 0) is 0 Å². The minimum Gasteiger partial charge on any atom is -0.302 e. The maximum atomic E-state index is 2.71. The van der Waals surface area contributed by atoms with Crippen LogP contribution in [0.2, 0.25) is 0 Å². The van der Waals surface area contributed by atoms with Gasteiger partial charge < -0.3 is 14.7 Å². The lowest BCUT2D eigenvalue weighted by Gasteiger charge is -2.43. The van der Waals surface area contributed by atoms with Crippen LogP contribution in [0.4, 0.5) is 0 Å². The molecule has 3 nitrogen and oxygen atoms in total. The molecular formula is C18H37N3. The van der Waals surface area contributed by atoms with Gasteiger partial charge in [-0.15, -0.1) is 0 Å². The fraction of sp³-hybridized carbons (Fsp3) is 1.00. The predicted molar refractivity (Wildman–Crippen MR) is 91.8 cm³/mol. The van der Waals surface area contributed by atoms with E-state index in [2.05, 4.69) is 42.4 Å². The Hall–Kier alpha value is -0.120. The first-order chi connectivity index (χ1) is 10.1. The van der Waals surface area contributed by atoms with Crippen LogP contribution < -0.4 is 0 Å². The number of likely N-dealkylation sites (N-methyl/N-ethyl adjacent to an activating group) is 1. The van der Waals surface area contributed by atoms with Gasteiger partial charge in [0.2, 0.25) is 0 Å². The summed E-state index contributed by atoms with van der Waals surface area (Å²) in [7, 11) is 0. The first kappa shape index (κ1) is 17.2. The van der Waals surface area contributed by atoms with E-state index >= 15 is 0 Å². The molecule has 2 atom stereocenters. The number of hydrogen-bond donors (Lipinski definition) is 0. The highest BCUT2D eigenvalue weighted by Gasteiger charge is 2.29. The maximum Gasteiger partial charge on any atom is 0.0111 e. The van der Waals surface area contributed by atoms with Gasteiger partial charge in [0, 0.05) is 32.2 Å². The molecule has 0 spiro atoms. The molecule has 0 aliphatic carbocycles. The fourth-order valence-electron chi connectivity index (χ4n) is 3.97. The van der Waals surface area contributed by atoms with Gasteiger partial charge in [0.05, 0.1) is 0 Å². The molecule has 21 heavy (non-hydrogen) atoms. The molecule has 0 aromatic heterocycles. The highest BCUT2D eigenvalue weighted by molar-refractivity contribution is 4.85. The molecule has 124 valence electrons. The van der Waals surface area contributed by atoms with E-state index in [0.717, 1.165) is 17.9 Å². The second kappa shape index (κ2) is 8.50. The van der Waals surface area contributed by atoms with Crippen molar-refractivity contribution in [1.29, 1.82) is 0 Å². The van der Waals surface area contributed by atoms with Gasteiger partial charge >= 0.3 is 0 Å². The Balaban J connectivity index is 1.68. The molecule has 0 aromatic carbocycles. The monoisotopic (exact) mass is 295 g/mol. The van der Waals surface area contributed by atoms with Crippen LogP contribution in [0.3, 0.4) is 0 Å². The largest absolute Gasteiger partial charge is 0.302 e. The third kappa shape index (κ3) is 5.54. The second-order valence-corrected chi connectivity index (χ2v) is 7.76. The first-order valence-corrected chi connectivity index (χ1v) is 9.27. The number of hydrogen-bond acceptors (Lipinski definition) is 3. The molecule has 0 N–H and O–H groups in total. The Kier molecular flexibility index (Phi) is 6.97. The summed E-state index contributed by atoms with van der Waals surface area (Å²) in [6, 6.07) is 0.876. The third-order valence-corrected chi connectivity index (χ3v) is 5.24. The highest BCUT2D eigenvalue weighted by atomic mass is 15.2. The van der Waals surface area contributed by atoms with E-state index in [-0.39, 0.29) is 0 Å². The van der Waals surface area contributed by atoms with E-state index in [4.69, 9.17) is 0 Å². The molecule has 2 fully saturated rings. The number of likely N-dealkylation sites (tertiary alicyclic amines) is 1. The van der Waals surface area contributed by atoms with Crippen LogP contribution in [0, 0.1) is 11.8 Å². The molecule has 0 aromatic rings. The normalized spacial score (nSPS) is 27.6. The first-order valence-electron chi connectivity index (χ1n) is 9.27. The zero-order valence-electron chi connectivity index (χ0n) is 14.9. The van der Waals surface area contributed by atoms with Crippen molar-refractivity contribution in [3.8, 4) is 0 Å². The van der Waals surface area contributed by atoms with Crippen molar-refractivity contribution in [1.82, 2.24) is 14.7 Å². The molecular weight excluding hydrogens is 258 g/mol. The maximum absolute atomic E-state index is 2.71. The third-order valence-electron chi connectivity index (χ3n) is 5.24. The smallest absolute Gasteiger partial charge is 0.0111 e. The van der Waals surface area contributed by atoms with Crippen molar-refractivity contribution in [3.63, 3.8) is 0 Å². The van der Waals surface area contributed by atoms with Crippen molar-refractivity contribution >= 4 is 0 Å². The lowest BCUT2D eigenvalue weighted by atomic mass is 9.91. The molecule has 2 unspecified atom stereocenters. The minimum atomic E-state index is 0.814. The Labute approximate surface area is 132 Å². The van der Waals surface area contributed by atoms with E-state index in [0.29, 0.717) is 0 Å². The van der Waals surface area contributed by atoms with Gasteiger partial charge in [-0.05, 0) is 57.3 Å². The van der Waals surface area contributed by atoms with Crippen molar-refractivity contribution in [2.24, 2.45) is 11.8 Å². The molecule has 2 heterocycles. The summed E-state index contributed by atoms with van der Waals surface area (Å²) >= 11 is 0. The van der Waals surface area contributed by atoms with Crippen LogP contribution >= 0.6 is 0 Å². The standard InChI is InChI=1S/C18H37N3/c1-5-19-8-6-9-20(12-11-19)15-17(4)13-18-7-10-21(18)14-16(2)3/h16-18H,5-15H2,1-4H3. The molecule has 2 aliphatic heterocycles. The van der Waals surface area contributed by atoms with Gasteiger partial charge in [0.1, 0.15) is 0 Å². The Bertz CT molecular complexity index is 292. The van der Waals surface area contributed by atoms with Gasteiger partial charge in [-0.3, -0.25) is 0 Å². The summed E-state index contributed by atoms with van der Waals surface area (Å²) in [5, 5.41) is 0.